The van der Waals surface area contributed by atoms with Gasteiger partial charge >= 0.3 is 0 Å². The van der Waals surface area contributed by atoms with Crippen molar-refractivity contribution in [1.29, 1.82) is 0 Å². The van der Waals surface area contributed by atoms with E-state index in [1.165, 1.54) is 0 Å². The molecule has 2 fully saturated rings. The van der Waals surface area contributed by atoms with Gasteiger partial charge in [0.2, 0.25) is 11.8 Å². The first-order chi connectivity index (χ1) is 9.02. The Hall–Kier alpha value is -0.810. The molecule has 6 heteroatoms. The van der Waals surface area contributed by atoms with Crippen molar-refractivity contribution in [3.05, 3.63) is 0 Å². The fraction of sp³-hybridized carbons (Fsp3) is 0.857. The maximum Gasteiger partial charge on any atom is 0.227 e. The van der Waals surface area contributed by atoms with Crippen LogP contribution in [0.1, 0.15) is 33.1 Å². The lowest BCUT2D eigenvalue weighted by Crippen LogP contribution is -2.51. The summed E-state index contributed by atoms with van der Waals surface area (Å²) in [5.41, 5.74) is 5.81. The summed E-state index contributed by atoms with van der Waals surface area (Å²) >= 11 is 0. The highest BCUT2D eigenvalue weighted by Gasteiger charge is 2.36. The average molecular weight is 304 g/mol. The van der Waals surface area contributed by atoms with E-state index in [4.69, 9.17) is 5.73 Å². The van der Waals surface area contributed by atoms with Crippen LogP contribution in [-0.2, 0) is 9.59 Å². The number of piperidine rings is 1. The molecule has 3 atom stereocenters. The Kier molecular flexibility index (Phi) is 6.27. The predicted molar refractivity (Wildman–Crippen MR) is 80.6 cm³/mol. The molecule has 2 heterocycles. The van der Waals surface area contributed by atoms with Crippen molar-refractivity contribution < 1.29 is 9.59 Å². The summed E-state index contributed by atoms with van der Waals surface area (Å²) in [6.45, 7) is 6.44. The van der Waals surface area contributed by atoms with E-state index in [1.807, 2.05) is 4.90 Å². The van der Waals surface area contributed by atoms with E-state index in [9.17, 15) is 9.59 Å². The second-order valence-electron chi connectivity index (χ2n) is 6.00. The summed E-state index contributed by atoms with van der Waals surface area (Å²) in [5.74, 6) is 0.894. The quantitative estimate of drug-likeness (QED) is 0.823. The monoisotopic (exact) mass is 303 g/mol. The minimum absolute atomic E-state index is 0. The molecule has 3 unspecified atom stereocenters. The zero-order valence-corrected chi connectivity index (χ0v) is 13.2. The lowest BCUT2D eigenvalue weighted by atomic mass is 9.91. The van der Waals surface area contributed by atoms with Crippen LogP contribution in [-0.4, -0.2) is 53.8 Å². The molecule has 2 N–H and O–H groups in total. The van der Waals surface area contributed by atoms with E-state index in [0.29, 0.717) is 25.6 Å². The molecule has 0 spiro atoms. The molecule has 0 aromatic carbocycles. The number of carbonyl (C=O) groups is 2. The average Bonchev–Trinajstić information content (AvgIpc) is 2.87. The van der Waals surface area contributed by atoms with Gasteiger partial charge < -0.3 is 15.5 Å². The topological polar surface area (TPSA) is 66.6 Å². The summed E-state index contributed by atoms with van der Waals surface area (Å²) in [7, 11) is 0. The standard InChI is InChI=1S/C14H25N3O2.ClH/c1-10-3-6-17(13(7-10)8-15)14(19)12-4-5-16(9-12)11(2)18;/h10,12-13H,3-9,15H2,1-2H3;1H. The van der Waals surface area contributed by atoms with Crippen molar-refractivity contribution >= 4 is 24.2 Å². The molecule has 5 nitrogen and oxygen atoms in total. The largest absolute Gasteiger partial charge is 0.342 e. The fourth-order valence-electron chi connectivity index (χ4n) is 3.25. The number of nitrogens with two attached hydrogens (primary N) is 1. The summed E-state index contributed by atoms with van der Waals surface area (Å²) < 4.78 is 0. The molecular formula is C14H26ClN3O2. The molecule has 0 aliphatic carbocycles. The molecule has 20 heavy (non-hydrogen) atoms. The summed E-state index contributed by atoms with van der Waals surface area (Å²) in [5, 5.41) is 0. The molecule has 0 radical (unpaired) electrons. The molecule has 0 aromatic rings. The van der Waals surface area contributed by atoms with Gasteiger partial charge in [-0.2, -0.15) is 0 Å². The lowest BCUT2D eigenvalue weighted by molar-refractivity contribution is -0.139. The minimum atomic E-state index is -0.0219. The predicted octanol–water partition coefficient (Wildman–Crippen LogP) is 0.862. The molecule has 2 aliphatic heterocycles. The zero-order chi connectivity index (χ0) is 14.0. The summed E-state index contributed by atoms with van der Waals surface area (Å²) in [4.78, 5) is 27.6. The molecular weight excluding hydrogens is 278 g/mol. The number of hydrogen-bond donors (Lipinski definition) is 1. The van der Waals surface area contributed by atoms with Crippen molar-refractivity contribution in [1.82, 2.24) is 9.80 Å². The third-order valence-corrected chi connectivity index (χ3v) is 4.52. The van der Waals surface area contributed by atoms with Gasteiger partial charge in [0.1, 0.15) is 0 Å². The Balaban J connectivity index is 0.00000200. The van der Waals surface area contributed by atoms with Gasteiger partial charge in [-0.05, 0) is 25.2 Å². The number of hydrogen-bond acceptors (Lipinski definition) is 3. The molecule has 2 rings (SSSR count). The van der Waals surface area contributed by atoms with Gasteiger partial charge in [0.05, 0.1) is 5.92 Å². The maximum absolute atomic E-state index is 12.6. The van der Waals surface area contributed by atoms with E-state index in [2.05, 4.69) is 6.92 Å². The minimum Gasteiger partial charge on any atom is -0.342 e. The highest BCUT2D eigenvalue weighted by Crippen LogP contribution is 2.26. The molecule has 2 aliphatic rings. The van der Waals surface area contributed by atoms with Crippen LogP contribution in [0.2, 0.25) is 0 Å². The van der Waals surface area contributed by atoms with Gasteiger partial charge in [-0.1, -0.05) is 6.92 Å². The van der Waals surface area contributed by atoms with Crippen molar-refractivity contribution in [2.75, 3.05) is 26.2 Å². The Labute approximate surface area is 127 Å². The van der Waals surface area contributed by atoms with Crippen LogP contribution >= 0.6 is 12.4 Å². The first kappa shape index (κ1) is 17.2. The van der Waals surface area contributed by atoms with Crippen LogP contribution in [0.3, 0.4) is 0 Å². The van der Waals surface area contributed by atoms with Gasteiger partial charge in [0.15, 0.2) is 0 Å². The van der Waals surface area contributed by atoms with Crippen molar-refractivity contribution in [3.63, 3.8) is 0 Å². The van der Waals surface area contributed by atoms with Crippen molar-refractivity contribution in [3.8, 4) is 0 Å². The van der Waals surface area contributed by atoms with E-state index in [1.54, 1.807) is 11.8 Å². The van der Waals surface area contributed by atoms with Crippen LogP contribution in [0.5, 0.6) is 0 Å². The number of halogens is 1. The molecule has 2 saturated heterocycles. The molecule has 116 valence electrons. The van der Waals surface area contributed by atoms with Crippen LogP contribution in [0.4, 0.5) is 0 Å². The highest BCUT2D eigenvalue weighted by atomic mass is 35.5. The summed E-state index contributed by atoms with van der Waals surface area (Å²) in [6.07, 6.45) is 2.86. The van der Waals surface area contributed by atoms with E-state index < -0.39 is 0 Å². The number of likely N-dealkylation sites (tertiary alicyclic amines) is 2. The van der Waals surface area contributed by atoms with Gasteiger partial charge in [0, 0.05) is 39.1 Å². The Morgan fingerprint density at radius 3 is 2.50 bits per heavy atom. The van der Waals surface area contributed by atoms with Crippen LogP contribution in [0, 0.1) is 11.8 Å². The lowest BCUT2D eigenvalue weighted by Gasteiger charge is -2.39. The molecule has 0 bridgehead atoms. The van der Waals surface area contributed by atoms with Crippen LogP contribution < -0.4 is 5.73 Å². The molecule has 2 amide bonds. The third kappa shape index (κ3) is 3.64. The van der Waals surface area contributed by atoms with Gasteiger partial charge in [-0.15, -0.1) is 12.4 Å². The van der Waals surface area contributed by atoms with Gasteiger partial charge in [0.25, 0.3) is 0 Å². The second-order valence-corrected chi connectivity index (χ2v) is 6.00. The number of carbonyl (C=O) groups excluding carboxylic acids is 2. The van der Waals surface area contributed by atoms with E-state index >= 15 is 0 Å². The third-order valence-electron chi connectivity index (χ3n) is 4.52. The highest BCUT2D eigenvalue weighted by molar-refractivity contribution is 5.85. The normalized spacial score (nSPS) is 30.1. The second kappa shape index (κ2) is 7.27. The maximum atomic E-state index is 12.6. The van der Waals surface area contributed by atoms with Crippen molar-refractivity contribution in [2.45, 2.75) is 39.2 Å². The van der Waals surface area contributed by atoms with Crippen LogP contribution in [0.15, 0.2) is 0 Å². The Morgan fingerprint density at radius 1 is 1.25 bits per heavy atom. The Bertz CT molecular complexity index is 364. The first-order valence-corrected chi connectivity index (χ1v) is 7.29. The fourth-order valence-corrected chi connectivity index (χ4v) is 3.25. The van der Waals surface area contributed by atoms with E-state index in [-0.39, 0.29) is 36.2 Å². The summed E-state index contributed by atoms with van der Waals surface area (Å²) in [6, 6.07) is 0.183. The molecule has 0 saturated carbocycles. The van der Waals surface area contributed by atoms with E-state index in [0.717, 1.165) is 25.8 Å². The van der Waals surface area contributed by atoms with Gasteiger partial charge in [-0.25, -0.2) is 0 Å². The van der Waals surface area contributed by atoms with Crippen LogP contribution in [0.25, 0.3) is 0 Å². The number of rotatable bonds is 2. The smallest absolute Gasteiger partial charge is 0.227 e. The number of amides is 2. The zero-order valence-electron chi connectivity index (χ0n) is 12.4. The van der Waals surface area contributed by atoms with Gasteiger partial charge in [-0.3, -0.25) is 9.59 Å². The SMILES string of the molecule is CC(=O)N1CCC(C(=O)N2CCC(C)CC2CN)C1.Cl. The number of nitrogens with zero attached hydrogens (tertiary/aromatic N) is 2. The molecule has 0 aromatic heterocycles. The van der Waals surface area contributed by atoms with Crippen molar-refractivity contribution in [2.24, 2.45) is 17.6 Å². The first-order valence-electron chi connectivity index (χ1n) is 7.29. The Morgan fingerprint density at radius 2 is 1.95 bits per heavy atom.